The number of nitrogens with zero attached hydrogens (tertiary/aromatic N) is 4. The van der Waals surface area contributed by atoms with Crippen LogP contribution in [0.3, 0.4) is 0 Å². The lowest BCUT2D eigenvalue weighted by Gasteiger charge is -2.31. The first kappa shape index (κ1) is 19.4. The summed E-state index contributed by atoms with van der Waals surface area (Å²) in [6.07, 6.45) is -0.384. The summed E-state index contributed by atoms with van der Waals surface area (Å²) in [4.78, 5) is 30.2. The van der Waals surface area contributed by atoms with Crippen molar-refractivity contribution in [3.8, 4) is 0 Å². The highest BCUT2D eigenvalue weighted by Gasteiger charge is 2.49. The second-order valence-corrected chi connectivity index (χ2v) is 6.77. The molecule has 2 unspecified atom stereocenters. The quantitative estimate of drug-likeness (QED) is 0.788. The van der Waals surface area contributed by atoms with E-state index >= 15 is 0 Å². The van der Waals surface area contributed by atoms with Gasteiger partial charge in [0.1, 0.15) is 5.69 Å². The van der Waals surface area contributed by atoms with Crippen LogP contribution in [0.2, 0.25) is 5.02 Å². The molecule has 0 bridgehead atoms. The van der Waals surface area contributed by atoms with Gasteiger partial charge in [0.15, 0.2) is 5.65 Å². The summed E-state index contributed by atoms with van der Waals surface area (Å²) < 4.78 is 33.5. The van der Waals surface area contributed by atoms with Crippen molar-refractivity contribution in [2.24, 2.45) is 0 Å². The summed E-state index contributed by atoms with van der Waals surface area (Å²) in [5, 5.41) is 7.69. The predicted molar refractivity (Wildman–Crippen MR) is 89.8 cm³/mol. The van der Waals surface area contributed by atoms with Crippen LogP contribution in [-0.2, 0) is 4.79 Å². The first-order valence-electron chi connectivity index (χ1n) is 8.04. The highest BCUT2D eigenvalue weighted by Crippen LogP contribution is 2.36. The van der Waals surface area contributed by atoms with Gasteiger partial charge in [0.2, 0.25) is 0 Å². The third-order valence-corrected chi connectivity index (χ3v) is 4.84. The summed E-state index contributed by atoms with van der Waals surface area (Å²) in [7, 11) is 2.12. The van der Waals surface area contributed by atoms with Crippen molar-refractivity contribution < 1.29 is 27.9 Å². The van der Waals surface area contributed by atoms with Crippen molar-refractivity contribution in [3.63, 3.8) is 0 Å². The molecule has 0 aromatic carbocycles. The number of hydrogen-bond acceptors (Lipinski definition) is 4. The van der Waals surface area contributed by atoms with Crippen LogP contribution in [0.25, 0.3) is 5.65 Å². The van der Waals surface area contributed by atoms with Crippen LogP contribution in [-0.4, -0.2) is 74.6 Å². The van der Waals surface area contributed by atoms with Gasteiger partial charge in [-0.25, -0.2) is 9.78 Å². The Labute approximate surface area is 156 Å². The molecule has 1 saturated carbocycles. The van der Waals surface area contributed by atoms with E-state index in [4.69, 9.17) is 21.5 Å². The minimum Gasteiger partial charge on any atom is -0.475 e. The number of carboxylic acids is 1. The number of amides is 1. The number of hydrogen-bond donors (Lipinski definition) is 1. The third-order valence-electron chi connectivity index (χ3n) is 4.54. The molecule has 1 aliphatic carbocycles. The SMILES string of the molecule is CN1CCN(C(=O)c2cn3cccc(Cl)c3n2)C2CC21.O=C(O)C(F)(F)F. The second kappa shape index (κ2) is 7.01. The Balaban J connectivity index is 0.000000260. The average Bonchev–Trinajstić information content (AvgIpc) is 3.27. The van der Waals surface area contributed by atoms with Gasteiger partial charge < -0.3 is 14.4 Å². The molecule has 1 amide bonds. The molecule has 4 rings (SSSR count). The molecule has 0 radical (unpaired) electrons. The number of piperazine rings is 1. The molecule has 2 atom stereocenters. The van der Waals surface area contributed by atoms with Crippen LogP contribution < -0.4 is 0 Å². The zero-order valence-corrected chi connectivity index (χ0v) is 14.9. The van der Waals surface area contributed by atoms with Crippen molar-refractivity contribution in [1.82, 2.24) is 19.2 Å². The monoisotopic (exact) mass is 404 g/mol. The van der Waals surface area contributed by atoms with Gasteiger partial charge in [-0.2, -0.15) is 13.2 Å². The molecule has 1 N–H and O–H groups in total. The first-order valence-corrected chi connectivity index (χ1v) is 8.42. The fourth-order valence-electron chi connectivity index (χ4n) is 3.06. The number of fused-ring (bicyclic) bond motifs is 2. The zero-order valence-electron chi connectivity index (χ0n) is 14.1. The smallest absolute Gasteiger partial charge is 0.475 e. The maximum Gasteiger partial charge on any atom is 0.490 e. The number of likely N-dealkylation sites (N-methyl/N-ethyl adjacent to an activating group) is 1. The molecular formula is C16H16ClF3N4O3. The Morgan fingerprint density at radius 3 is 2.56 bits per heavy atom. The number of imidazole rings is 1. The van der Waals surface area contributed by atoms with Crippen molar-refractivity contribution in [3.05, 3.63) is 35.2 Å². The van der Waals surface area contributed by atoms with E-state index in [1.807, 2.05) is 17.2 Å². The molecule has 0 spiro atoms. The highest BCUT2D eigenvalue weighted by molar-refractivity contribution is 6.33. The predicted octanol–water partition coefficient (Wildman–Crippen LogP) is 2.15. The minimum atomic E-state index is -5.08. The summed E-state index contributed by atoms with van der Waals surface area (Å²) in [6.45, 7) is 1.71. The lowest BCUT2D eigenvalue weighted by Crippen LogP contribution is -2.47. The first-order chi connectivity index (χ1) is 12.6. The van der Waals surface area contributed by atoms with E-state index in [0.29, 0.717) is 28.4 Å². The van der Waals surface area contributed by atoms with Crippen molar-refractivity contribution >= 4 is 29.1 Å². The Morgan fingerprint density at radius 1 is 1.30 bits per heavy atom. The Bertz CT molecular complexity index is 885. The highest BCUT2D eigenvalue weighted by atomic mass is 35.5. The zero-order chi connectivity index (χ0) is 19.9. The maximum absolute atomic E-state index is 12.6. The number of aliphatic carboxylic acids is 1. The van der Waals surface area contributed by atoms with Gasteiger partial charge >= 0.3 is 12.1 Å². The van der Waals surface area contributed by atoms with Gasteiger partial charge in [-0.1, -0.05) is 11.6 Å². The molecule has 7 nitrogen and oxygen atoms in total. The molecule has 2 aromatic heterocycles. The number of carboxylic acid groups (broad SMARTS) is 1. The van der Waals surface area contributed by atoms with Gasteiger partial charge in [-0.05, 0) is 25.6 Å². The molecule has 146 valence electrons. The van der Waals surface area contributed by atoms with E-state index in [-0.39, 0.29) is 5.91 Å². The minimum absolute atomic E-state index is 0.0189. The van der Waals surface area contributed by atoms with E-state index in [1.54, 1.807) is 16.7 Å². The second-order valence-electron chi connectivity index (χ2n) is 6.37. The lowest BCUT2D eigenvalue weighted by atomic mass is 10.3. The molecule has 3 heterocycles. The Hall–Kier alpha value is -2.33. The number of carbonyl (C=O) groups excluding carboxylic acids is 1. The van der Waals surface area contributed by atoms with Gasteiger partial charge in [0.05, 0.1) is 5.02 Å². The van der Waals surface area contributed by atoms with Crippen LogP contribution in [0.15, 0.2) is 24.5 Å². The number of alkyl halides is 3. The average molecular weight is 405 g/mol. The van der Waals surface area contributed by atoms with Crippen LogP contribution in [0, 0.1) is 0 Å². The van der Waals surface area contributed by atoms with Gasteiger partial charge in [-0.15, -0.1) is 0 Å². The lowest BCUT2D eigenvalue weighted by molar-refractivity contribution is -0.192. The number of halogens is 4. The van der Waals surface area contributed by atoms with Gasteiger partial charge in [0.25, 0.3) is 5.91 Å². The van der Waals surface area contributed by atoms with Gasteiger partial charge in [0, 0.05) is 37.6 Å². The van der Waals surface area contributed by atoms with Crippen LogP contribution in [0.1, 0.15) is 16.9 Å². The number of carbonyl (C=O) groups is 2. The fraction of sp³-hybridized carbons (Fsp3) is 0.438. The van der Waals surface area contributed by atoms with E-state index < -0.39 is 12.1 Å². The molecule has 1 aliphatic heterocycles. The number of pyridine rings is 1. The largest absolute Gasteiger partial charge is 0.490 e. The molecule has 1 saturated heterocycles. The van der Waals surface area contributed by atoms with Crippen molar-refractivity contribution in [2.75, 3.05) is 20.1 Å². The van der Waals surface area contributed by atoms with Crippen molar-refractivity contribution in [1.29, 1.82) is 0 Å². The van der Waals surface area contributed by atoms with E-state index in [9.17, 15) is 18.0 Å². The topological polar surface area (TPSA) is 78.2 Å². The summed E-state index contributed by atoms with van der Waals surface area (Å²) in [5.74, 6) is -2.74. The Kier molecular flexibility index (Phi) is 5.04. The summed E-state index contributed by atoms with van der Waals surface area (Å²) in [5.41, 5.74) is 1.12. The standard InChI is InChI=1S/C14H15ClN4O.C2HF3O2/c1-17-5-6-19(12-7-11(12)17)14(20)10-8-18-4-2-3-9(15)13(18)16-10;3-2(4,5)1(6)7/h2-4,8,11-12H,5-7H2,1H3;(H,6,7). The number of rotatable bonds is 1. The third kappa shape index (κ3) is 4.01. The summed E-state index contributed by atoms with van der Waals surface area (Å²) >= 11 is 6.10. The van der Waals surface area contributed by atoms with Crippen molar-refractivity contribution in [2.45, 2.75) is 24.7 Å². The fourth-order valence-corrected chi connectivity index (χ4v) is 3.27. The van der Waals surface area contributed by atoms with Crippen LogP contribution >= 0.6 is 11.6 Å². The van der Waals surface area contributed by atoms with Crippen LogP contribution in [0.5, 0.6) is 0 Å². The Morgan fingerprint density at radius 2 is 1.96 bits per heavy atom. The van der Waals surface area contributed by atoms with E-state index in [0.717, 1.165) is 19.5 Å². The summed E-state index contributed by atoms with van der Waals surface area (Å²) in [6, 6.07) is 4.53. The normalized spacial score (nSPS) is 22.0. The van der Waals surface area contributed by atoms with E-state index in [1.165, 1.54) is 0 Å². The van der Waals surface area contributed by atoms with Crippen LogP contribution in [0.4, 0.5) is 13.2 Å². The molecule has 11 heteroatoms. The molecule has 2 fully saturated rings. The molecular weight excluding hydrogens is 389 g/mol. The maximum atomic E-state index is 12.6. The molecule has 2 aromatic rings. The molecule has 27 heavy (non-hydrogen) atoms. The molecule has 2 aliphatic rings. The van der Waals surface area contributed by atoms with Gasteiger partial charge in [-0.3, -0.25) is 9.69 Å². The van der Waals surface area contributed by atoms with E-state index in [2.05, 4.69) is 16.9 Å². The number of aromatic nitrogens is 2.